The molecule has 0 aliphatic rings. The smallest absolute Gasteiger partial charge is 0.140 e. The molecule has 0 heterocycles. The summed E-state index contributed by atoms with van der Waals surface area (Å²) in [6.45, 7) is 11.0. The van der Waals surface area contributed by atoms with Crippen LogP contribution >= 0.6 is 0 Å². The molecule has 0 aliphatic carbocycles. The molecule has 0 amide bonds. The summed E-state index contributed by atoms with van der Waals surface area (Å²) in [5.74, 6) is -0.171. The van der Waals surface area contributed by atoms with E-state index in [1.807, 2.05) is 27.7 Å². The highest BCUT2D eigenvalue weighted by Crippen LogP contribution is 2.36. The maximum Gasteiger partial charge on any atom is 0.140 e. The molecular formula is C11H20O2. The van der Waals surface area contributed by atoms with Crippen molar-refractivity contribution in [2.45, 2.75) is 41.5 Å². The van der Waals surface area contributed by atoms with Crippen molar-refractivity contribution in [2.75, 3.05) is 0 Å². The fraction of sp³-hybridized carbons (Fsp3) is 0.818. The normalized spacial score (nSPS) is 12.3. The molecule has 0 radical (unpaired) electrons. The lowest BCUT2D eigenvalue weighted by atomic mass is 9.68. The highest BCUT2D eigenvalue weighted by molar-refractivity contribution is 6.01. The summed E-state index contributed by atoms with van der Waals surface area (Å²) in [4.78, 5) is 22.6. The van der Waals surface area contributed by atoms with Gasteiger partial charge in [-0.05, 0) is 25.2 Å². The fourth-order valence-electron chi connectivity index (χ4n) is 1.67. The molecule has 0 bridgehead atoms. The van der Waals surface area contributed by atoms with Crippen molar-refractivity contribution in [3.63, 3.8) is 0 Å². The first-order valence-corrected chi connectivity index (χ1v) is 4.72. The van der Waals surface area contributed by atoms with Crippen LogP contribution in [0.15, 0.2) is 0 Å². The third-order valence-electron chi connectivity index (χ3n) is 3.05. The van der Waals surface area contributed by atoms with E-state index in [0.717, 1.165) is 0 Å². The van der Waals surface area contributed by atoms with Gasteiger partial charge in [0.1, 0.15) is 11.6 Å². The van der Waals surface area contributed by atoms with Crippen LogP contribution in [0, 0.1) is 17.3 Å². The number of rotatable bonds is 4. The zero-order chi connectivity index (χ0) is 10.8. The van der Waals surface area contributed by atoms with Gasteiger partial charge >= 0.3 is 0 Å². The van der Waals surface area contributed by atoms with Crippen LogP contribution in [0.1, 0.15) is 41.5 Å². The third-order valence-corrected chi connectivity index (χ3v) is 3.05. The van der Waals surface area contributed by atoms with Gasteiger partial charge in [-0.25, -0.2) is 0 Å². The van der Waals surface area contributed by atoms with Gasteiger partial charge in [0.2, 0.25) is 0 Å². The second-order valence-electron chi connectivity index (χ2n) is 4.63. The van der Waals surface area contributed by atoms with Gasteiger partial charge in [0.05, 0.1) is 5.92 Å². The van der Waals surface area contributed by atoms with Crippen LogP contribution in [-0.2, 0) is 9.59 Å². The standard InChI is InChI=1S/C11H20O2/c1-7(2)11(5,6)10(8(3)12)9(4)13/h7,10H,1-6H3. The van der Waals surface area contributed by atoms with Gasteiger partial charge in [-0.2, -0.15) is 0 Å². The molecule has 2 heteroatoms. The molecule has 0 aromatic rings. The lowest BCUT2D eigenvalue weighted by molar-refractivity contribution is -0.136. The predicted molar refractivity (Wildman–Crippen MR) is 53.5 cm³/mol. The molecule has 0 aromatic heterocycles. The Labute approximate surface area is 80.7 Å². The number of Topliss-reactive ketones (excluding diaryl/α,β-unsaturated/α-hetero) is 2. The van der Waals surface area contributed by atoms with E-state index in [0.29, 0.717) is 5.92 Å². The molecule has 0 N–H and O–H groups in total. The molecule has 13 heavy (non-hydrogen) atoms. The number of carbonyl (C=O) groups is 2. The molecule has 0 rings (SSSR count). The Kier molecular flexibility index (Phi) is 3.83. The summed E-state index contributed by atoms with van der Waals surface area (Å²) < 4.78 is 0. The maximum absolute atomic E-state index is 11.3. The van der Waals surface area contributed by atoms with E-state index in [4.69, 9.17) is 0 Å². The van der Waals surface area contributed by atoms with E-state index in [1.54, 1.807) is 0 Å². The molecule has 0 saturated carbocycles. The van der Waals surface area contributed by atoms with Crippen LogP contribution in [0.25, 0.3) is 0 Å². The zero-order valence-electron chi connectivity index (χ0n) is 9.47. The number of ketones is 2. The molecule has 0 aromatic carbocycles. The molecule has 76 valence electrons. The van der Waals surface area contributed by atoms with Gasteiger partial charge in [-0.3, -0.25) is 9.59 Å². The molecule has 0 aliphatic heterocycles. The molecular weight excluding hydrogens is 164 g/mol. The van der Waals surface area contributed by atoms with E-state index in [2.05, 4.69) is 0 Å². The van der Waals surface area contributed by atoms with Gasteiger partial charge in [-0.1, -0.05) is 27.7 Å². The Hall–Kier alpha value is -0.660. The Morgan fingerprint density at radius 1 is 1.00 bits per heavy atom. The van der Waals surface area contributed by atoms with Crippen molar-refractivity contribution in [3.05, 3.63) is 0 Å². The first-order valence-electron chi connectivity index (χ1n) is 4.72. The van der Waals surface area contributed by atoms with Crippen LogP contribution in [0.5, 0.6) is 0 Å². The first-order chi connectivity index (χ1) is 5.71. The quantitative estimate of drug-likeness (QED) is 0.629. The Morgan fingerprint density at radius 3 is 1.38 bits per heavy atom. The average molecular weight is 184 g/mol. The van der Waals surface area contributed by atoms with Gasteiger partial charge in [-0.15, -0.1) is 0 Å². The third kappa shape index (κ3) is 2.64. The van der Waals surface area contributed by atoms with Gasteiger partial charge in [0.25, 0.3) is 0 Å². The first kappa shape index (κ1) is 12.3. The lowest BCUT2D eigenvalue weighted by Gasteiger charge is -2.34. The summed E-state index contributed by atoms with van der Waals surface area (Å²) in [6, 6.07) is 0. The summed E-state index contributed by atoms with van der Waals surface area (Å²) in [6.07, 6.45) is 0. The highest BCUT2D eigenvalue weighted by atomic mass is 16.1. The van der Waals surface area contributed by atoms with Crippen molar-refractivity contribution in [1.29, 1.82) is 0 Å². The largest absolute Gasteiger partial charge is 0.299 e. The number of hydrogen-bond donors (Lipinski definition) is 0. The SMILES string of the molecule is CC(=O)C(C(C)=O)C(C)(C)C(C)C. The summed E-state index contributed by atoms with van der Waals surface area (Å²) in [5.41, 5.74) is -0.238. The highest BCUT2D eigenvalue weighted by Gasteiger charge is 2.38. The lowest BCUT2D eigenvalue weighted by Crippen LogP contribution is -2.38. The van der Waals surface area contributed by atoms with Crippen LogP contribution in [0.2, 0.25) is 0 Å². The van der Waals surface area contributed by atoms with Crippen molar-refractivity contribution in [3.8, 4) is 0 Å². The van der Waals surface area contributed by atoms with Gasteiger partial charge in [0.15, 0.2) is 0 Å². The second-order valence-corrected chi connectivity index (χ2v) is 4.63. The van der Waals surface area contributed by atoms with Gasteiger partial charge in [0, 0.05) is 0 Å². The summed E-state index contributed by atoms with van der Waals surface area (Å²) in [5, 5.41) is 0. The van der Waals surface area contributed by atoms with Crippen LogP contribution in [-0.4, -0.2) is 11.6 Å². The molecule has 2 nitrogen and oxygen atoms in total. The Morgan fingerprint density at radius 2 is 1.31 bits per heavy atom. The fourth-order valence-corrected chi connectivity index (χ4v) is 1.67. The number of hydrogen-bond acceptors (Lipinski definition) is 2. The second kappa shape index (κ2) is 4.03. The molecule has 0 saturated heterocycles. The minimum Gasteiger partial charge on any atom is -0.299 e. The van der Waals surface area contributed by atoms with E-state index >= 15 is 0 Å². The van der Waals surface area contributed by atoms with E-state index in [9.17, 15) is 9.59 Å². The van der Waals surface area contributed by atoms with Crippen molar-refractivity contribution in [1.82, 2.24) is 0 Å². The van der Waals surface area contributed by atoms with Crippen molar-refractivity contribution < 1.29 is 9.59 Å². The van der Waals surface area contributed by atoms with Crippen molar-refractivity contribution in [2.24, 2.45) is 17.3 Å². The van der Waals surface area contributed by atoms with Crippen LogP contribution in [0.3, 0.4) is 0 Å². The summed E-state index contributed by atoms with van der Waals surface area (Å²) >= 11 is 0. The Balaban J connectivity index is 4.95. The molecule has 0 atom stereocenters. The van der Waals surface area contributed by atoms with E-state index < -0.39 is 5.92 Å². The molecule has 0 unspecified atom stereocenters. The van der Waals surface area contributed by atoms with Crippen LogP contribution in [0.4, 0.5) is 0 Å². The molecule has 0 spiro atoms. The van der Waals surface area contributed by atoms with Crippen molar-refractivity contribution >= 4 is 11.6 Å². The Bertz CT molecular complexity index is 200. The zero-order valence-corrected chi connectivity index (χ0v) is 9.47. The predicted octanol–water partition coefficient (Wildman–Crippen LogP) is 2.46. The topological polar surface area (TPSA) is 34.1 Å². The minimum atomic E-state index is -0.451. The number of carbonyl (C=O) groups excluding carboxylic acids is 2. The summed E-state index contributed by atoms with van der Waals surface area (Å²) in [7, 11) is 0. The van der Waals surface area contributed by atoms with Gasteiger partial charge < -0.3 is 0 Å². The van der Waals surface area contributed by atoms with E-state index in [-0.39, 0.29) is 17.0 Å². The maximum atomic E-state index is 11.3. The molecule has 0 fully saturated rings. The average Bonchev–Trinajstić information content (AvgIpc) is 1.82. The monoisotopic (exact) mass is 184 g/mol. The van der Waals surface area contributed by atoms with Crippen LogP contribution < -0.4 is 0 Å². The minimum absolute atomic E-state index is 0.0220. The van der Waals surface area contributed by atoms with E-state index in [1.165, 1.54) is 13.8 Å².